The van der Waals surface area contributed by atoms with Crippen molar-refractivity contribution in [3.05, 3.63) is 56.7 Å². The zero-order valence-corrected chi connectivity index (χ0v) is 12.2. The molecule has 2 rings (SSSR count). The lowest BCUT2D eigenvalue weighted by Crippen LogP contribution is -2.02. The zero-order valence-electron chi connectivity index (χ0n) is 10.6. The van der Waals surface area contributed by atoms with Gasteiger partial charge in [-0.25, -0.2) is 0 Å². The fraction of sp³-hybridized carbons (Fsp3) is 0.154. The fourth-order valence-corrected chi connectivity index (χ4v) is 2.06. The van der Waals surface area contributed by atoms with Gasteiger partial charge in [0.1, 0.15) is 18.6 Å². The van der Waals surface area contributed by atoms with E-state index in [4.69, 9.17) is 9.47 Å². The first kappa shape index (κ1) is 14.3. The minimum absolute atomic E-state index is 0.125. The van der Waals surface area contributed by atoms with Crippen molar-refractivity contribution in [2.75, 3.05) is 7.11 Å². The van der Waals surface area contributed by atoms with Gasteiger partial charge in [0.25, 0.3) is 0 Å². The number of pyridine rings is 1. The Morgan fingerprint density at radius 3 is 2.85 bits per heavy atom. The number of hydrogen-bond acceptors (Lipinski definition) is 5. The molecule has 0 aliphatic rings. The first-order valence-electron chi connectivity index (χ1n) is 5.66. The second-order valence-corrected chi connectivity index (χ2v) is 4.74. The Kier molecular flexibility index (Phi) is 4.52. The number of aromatic nitrogens is 1. The molecule has 0 fully saturated rings. The van der Waals surface area contributed by atoms with Crippen LogP contribution in [0.1, 0.15) is 5.56 Å². The Hall–Kier alpha value is -2.15. The van der Waals surface area contributed by atoms with Crippen LogP contribution in [0.15, 0.2) is 41.0 Å². The second kappa shape index (κ2) is 6.33. The van der Waals surface area contributed by atoms with E-state index in [2.05, 4.69) is 20.9 Å². The molecule has 0 unspecified atom stereocenters. The highest BCUT2D eigenvalue weighted by Crippen LogP contribution is 2.27. The summed E-state index contributed by atoms with van der Waals surface area (Å²) in [5.41, 5.74) is 0.778. The van der Waals surface area contributed by atoms with E-state index in [0.717, 1.165) is 10.0 Å². The fourth-order valence-electron chi connectivity index (χ4n) is 1.65. The van der Waals surface area contributed by atoms with E-state index >= 15 is 0 Å². The molecule has 0 aliphatic heterocycles. The van der Waals surface area contributed by atoms with E-state index in [9.17, 15) is 10.1 Å². The van der Waals surface area contributed by atoms with Crippen LogP contribution in [0.5, 0.6) is 11.5 Å². The summed E-state index contributed by atoms with van der Waals surface area (Å²) in [4.78, 5) is 14.0. The topological polar surface area (TPSA) is 74.5 Å². The molecule has 0 atom stereocenters. The zero-order chi connectivity index (χ0) is 14.5. The van der Waals surface area contributed by atoms with E-state index in [1.54, 1.807) is 19.2 Å². The van der Waals surface area contributed by atoms with Crippen LogP contribution < -0.4 is 9.47 Å². The molecule has 0 saturated carbocycles. The van der Waals surface area contributed by atoms with E-state index in [0.29, 0.717) is 5.75 Å². The monoisotopic (exact) mass is 338 g/mol. The molecule has 0 radical (unpaired) electrons. The van der Waals surface area contributed by atoms with Gasteiger partial charge in [0.2, 0.25) is 5.75 Å². The standard InChI is InChI=1S/C13H11BrN2O4/c1-19-11-5-4-10(14)7-9(11)8-20-12-3-2-6-15-13(12)16(17)18/h2-7H,8H2,1H3. The Morgan fingerprint density at radius 2 is 2.15 bits per heavy atom. The van der Waals surface area contributed by atoms with Gasteiger partial charge in [-0.05, 0) is 40.2 Å². The van der Waals surface area contributed by atoms with E-state index < -0.39 is 4.92 Å². The van der Waals surface area contributed by atoms with E-state index in [1.165, 1.54) is 12.3 Å². The number of benzene rings is 1. The Bertz CT molecular complexity index is 634. The van der Waals surface area contributed by atoms with Crippen LogP contribution in [-0.2, 0) is 6.61 Å². The molecule has 0 spiro atoms. The van der Waals surface area contributed by atoms with Crippen LogP contribution in [-0.4, -0.2) is 17.0 Å². The van der Waals surface area contributed by atoms with E-state index in [-0.39, 0.29) is 18.2 Å². The van der Waals surface area contributed by atoms with Crippen molar-refractivity contribution < 1.29 is 14.4 Å². The van der Waals surface area contributed by atoms with Gasteiger partial charge < -0.3 is 19.6 Å². The molecule has 0 bridgehead atoms. The number of methoxy groups -OCH3 is 1. The number of halogens is 1. The highest BCUT2D eigenvalue weighted by molar-refractivity contribution is 9.10. The van der Waals surface area contributed by atoms with Gasteiger partial charge in [-0.15, -0.1) is 0 Å². The minimum Gasteiger partial charge on any atom is -0.496 e. The maximum absolute atomic E-state index is 10.8. The molecule has 1 aromatic carbocycles. The van der Waals surface area contributed by atoms with Gasteiger partial charge in [0.15, 0.2) is 0 Å². The van der Waals surface area contributed by atoms with Crippen LogP contribution in [0.3, 0.4) is 0 Å². The molecule has 1 heterocycles. The van der Waals surface area contributed by atoms with Gasteiger partial charge in [-0.2, -0.15) is 0 Å². The lowest BCUT2D eigenvalue weighted by molar-refractivity contribution is -0.390. The molecule has 7 heteroatoms. The summed E-state index contributed by atoms with van der Waals surface area (Å²) >= 11 is 3.36. The second-order valence-electron chi connectivity index (χ2n) is 3.83. The van der Waals surface area contributed by atoms with Gasteiger partial charge in [0, 0.05) is 10.0 Å². The third-order valence-electron chi connectivity index (χ3n) is 2.55. The minimum atomic E-state index is -0.576. The number of rotatable bonds is 5. The molecule has 0 saturated heterocycles. The van der Waals surface area contributed by atoms with Crippen molar-refractivity contribution in [1.82, 2.24) is 4.98 Å². The number of ether oxygens (including phenoxy) is 2. The Balaban J connectivity index is 2.21. The Morgan fingerprint density at radius 1 is 1.35 bits per heavy atom. The molecule has 1 aromatic heterocycles. The molecule has 2 aromatic rings. The van der Waals surface area contributed by atoms with Crippen LogP contribution >= 0.6 is 15.9 Å². The average molecular weight is 339 g/mol. The predicted molar refractivity (Wildman–Crippen MR) is 75.9 cm³/mol. The third-order valence-corrected chi connectivity index (χ3v) is 3.04. The lowest BCUT2D eigenvalue weighted by atomic mass is 10.2. The molecule has 104 valence electrons. The maximum Gasteiger partial charge on any atom is 0.406 e. The quantitative estimate of drug-likeness (QED) is 0.617. The summed E-state index contributed by atoms with van der Waals surface area (Å²) in [6.45, 7) is 0.148. The molecule has 0 amide bonds. The van der Waals surface area contributed by atoms with Crippen molar-refractivity contribution in [1.29, 1.82) is 0 Å². The maximum atomic E-state index is 10.8. The van der Waals surface area contributed by atoms with Crippen molar-refractivity contribution in [2.45, 2.75) is 6.61 Å². The summed E-state index contributed by atoms with van der Waals surface area (Å²) in [5.74, 6) is 0.473. The van der Waals surface area contributed by atoms with Crippen molar-refractivity contribution >= 4 is 21.7 Å². The highest BCUT2D eigenvalue weighted by Gasteiger charge is 2.16. The van der Waals surface area contributed by atoms with Crippen LogP contribution in [0.25, 0.3) is 0 Å². The summed E-state index contributed by atoms with van der Waals surface area (Å²) < 4.78 is 11.6. The normalized spacial score (nSPS) is 10.1. The van der Waals surface area contributed by atoms with E-state index in [1.807, 2.05) is 12.1 Å². The molecule has 0 N–H and O–H groups in total. The molecular weight excluding hydrogens is 328 g/mol. The van der Waals surface area contributed by atoms with Gasteiger partial charge >= 0.3 is 5.82 Å². The van der Waals surface area contributed by atoms with Crippen LogP contribution in [0, 0.1) is 10.1 Å². The predicted octanol–water partition coefficient (Wildman–Crippen LogP) is 3.34. The number of nitrogens with zero attached hydrogens (tertiary/aromatic N) is 2. The average Bonchev–Trinajstić information content (AvgIpc) is 2.45. The van der Waals surface area contributed by atoms with Gasteiger partial charge in [-0.3, -0.25) is 0 Å². The summed E-state index contributed by atoms with van der Waals surface area (Å²) in [6.07, 6.45) is 1.35. The van der Waals surface area contributed by atoms with Gasteiger partial charge in [-0.1, -0.05) is 15.9 Å². The van der Waals surface area contributed by atoms with Crippen molar-refractivity contribution in [3.8, 4) is 11.5 Å². The van der Waals surface area contributed by atoms with Crippen LogP contribution in [0.4, 0.5) is 5.82 Å². The van der Waals surface area contributed by atoms with Crippen LogP contribution in [0.2, 0.25) is 0 Å². The SMILES string of the molecule is COc1ccc(Br)cc1COc1cccnc1[N+](=O)[O-]. The third kappa shape index (κ3) is 3.24. The van der Waals surface area contributed by atoms with Gasteiger partial charge in [0.05, 0.1) is 7.11 Å². The molecule has 20 heavy (non-hydrogen) atoms. The van der Waals surface area contributed by atoms with Crippen molar-refractivity contribution in [2.24, 2.45) is 0 Å². The first-order chi connectivity index (χ1) is 9.61. The lowest BCUT2D eigenvalue weighted by Gasteiger charge is -2.10. The molecular formula is C13H11BrN2O4. The number of hydrogen-bond donors (Lipinski definition) is 0. The molecule has 0 aliphatic carbocycles. The van der Waals surface area contributed by atoms with Crippen molar-refractivity contribution in [3.63, 3.8) is 0 Å². The summed E-state index contributed by atoms with van der Waals surface area (Å²) in [7, 11) is 1.55. The first-order valence-corrected chi connectivity index (χ1v) is 6.45. The highest BCUT2D eigenvalue weighted by atomic mass is 79.9. The molecule has 6 nitrogen and oxygen atoms in total. The summed E-state index contributed by atoms with van der Waals surface area (Å²) in [5, 5.41) is 10.8. The Labute approximate surface area is 123 Å². The largest absolute Gasteiger partial charge is 0.496 e. The summed E-state index contributed by atoms with van der Waals surface area (Å²) in [6, 6.07) is 8.56. The number of nitro groups is 1. The smallest absolute Gasteiger partial charge is 0.406 e.